The molecule has 5 heteroatoms. The Hall–Kier alpha value is -3.73. The van der Waals surface area contributed by atoms with Crippen molar-refractivity contribution in [2.45, 2.75) is 46.1 Å². The van der Waals surface area contributed by atoms with Gasteiger partial charge in [-0.3, -0.25) is 9.59 Å². The van der Waals surface area contributed by atoms with E-state index in [0.717, 1.165) is 47.0 Å². The van der Waals surface area contributed by atoms with Crippen molar-refractivity contribution in [3.05, 3.63) is 99.8 Å². The molecule has 1 aliphatic heterocycles. The standard InChI is InChI=1S/C31H33N3O2/c1-21-13-14-22(2)28(19-21)29-26-11-7-8-12-27(26)31(36)34(32-29)23(3)30(35)33-17-15-25(16-18-33)20-24-9-5-4-6-10-24/h4-14,19,23,25H,15-18,20H2,1-3H3/t23-/m1/s1. The van der Waals surface area contributed by atoms with Crippen LogP contribution in [0.3, 0.4) is 0 Å². The summed E-state index contributed by atoms with van der Waals surface area (Å²) in [6.07, 6.45) is 2.99. The van der Waals surface area contributed by atoms with Crippen LogP contribution >= 0.6 is 0 Å². The molecule has 5 nitrogen and oxygen atoms in total. The molecule has 2 heterocycles. The maximum atomic E-state index is 13.5. The van der Waals surface area contributed by atoms with Crippen molar-refractivity contribution >= 4 is 16.7 Å². The van der Waals surface area contributed by atoms with Crippen LogP contribution in [-0.2, 0) is 11.2 Å². The quantitative estimate of drug-likeness (QED) is 0.368. The summed E-state index contributed by atoms with van der Waals surface area (Å²) in [5.74, 6) is 0.536. The molecule has 0 unspecified atom stereocenters. The third-order valence-electron chi connectivity index (χ3n) is 7.49. The zero-order valence-electron chi connectivity index (χ0n) is 21.3. The van der Waals surface area contributed by atoms with Crippen LogP contribution in [0.2, 0.25) is 0 Å². The second-order valence-corrected chi connectivity index (χ2v) is 10.1. The number of hydrogen-bond acceptors (Lipinski definition) is 3. The van der Waals surface area contributed by atoms with Crippen molar-refractivity contribution in [1.82, 2.24) is 14.7 Å². The predicted octanol–water partition coefficient (Wildman–Crippen LogP) is 5.72. The van der Waals surface area contributed by atoms with Crippen LogP contribution in [-0.4, -0.2) is 33.7 Å². The molecule has 184 valence electrons. The summed E-state index contributed by atoms with van der Waals surface area (Å²) in [5.41, 5.74) is 5.07. The summed E-state index contributed by atoms with van der Waals surface area (Å²) in [4.78, 5) is 28.9. The first-order valence-corrected chi connectivity index (χ1v) is 12.8. The Morgan fingerprint density at radius 1 is 0.944 bits per heavy atom. The van der Waals surface area contributed by atoms with E-state index in [1.807, 2.05) is 35.2 Å². The largest absolute Gasteiger partial charge is 0.341 e. The monoisotopic (exact) mass is 479 g/mol. The molecule has 0 N–H and O–H groups in total. The highest BCUT2D eigenvalue weighted by Crippen LogP contribution is 2.29. The number of aromatic nitrogens is 2. The van der Waals surface area contributed by atoms with Gasteiger partial charge in [-0.05, 0) is 69.2 Å². The highest BCUT2D eigenvalue weighted by molar-refractivity contribution is 5.94. The van der Waals surface area contributed by atoms with Crippen LogP contribution in [0.15, 0.2) is 77.6 Å². The second-order valence-electron chi connectivity index (χ2n) is 10.1. The molecule has 1 aliphatic rings. The van der Waals surface area contributed by atoms with Crippen molar-refractivity contribution in [2.24, 2.45) is 5.92 Å². The maximum Gasteiger partial charge on any atom is 0.275 e. The van der Waals surface area contributed by atoms with Gasteiger partial charge in [-0.1, -0.05) is 66.2 Å². The van der Waals surface area contributed by atoms with Crippen molar-refractivity contribution in [3.8, 4) is 11.3 Å². The van der Waals surface area contributed by atoms with E-state index in [9.17, 15) is 9.59 Å². The Balaban J connectivity index is 1.42. The molecular weight excluding hydrogens is 446 g/mol. The van der Waals surface area contributed by atoms with Gasteiger partial charge in [0.2, 0.25) is 5.91 Å². The SMILES string of the molecule is Cc1ccc(C)c(-c2nn([C@H](C)C(=O)N3CCC(Cc4ccccc4)CC3)c(=O)c3ccccc23)c1. The zero-order valence-corrected chi connectivity index (χ0v) is 21.3. The number of amides is 1. The number of fused-ring (bicyclic) bond motifs is 1. The van der Waals surface area contributed by atoms with Gasteiger partial charge in [-0.2, -0.15) is 5.10 Å². The van der Waals surface area contributed by atoms with Crippen molar-refractivity contribution in [3.63, 3.8) is 0 Å². The Labute approximate surface area is 212 Å². The van der Waals surface area contributed by atoms with E-state index in [1.165, 1.54) is 10.2 Å². The van der Waals surface area contributed by atoms with Crippen molar-refractivity contribution in [2.75, 3.05) is 13.1 Å². The fourth-order valence-corrected chi connectivity index (χ4v) is 5.33. The zero-order chi connectivity index (χ0) is 25.2. The Kier molecular flexibility index (Phi) is 6.73. The molecule has 1 amide bonds. The van der Waals surface area contributed by atoms with E-state index in [0.29, 0.717) is 24.4 Å². The minimum atomic E-state index is -0.670. The molecular formula is C31H33N3O2. The van der Waals surface area contributed by atoms with E-state index in [2.05, 4.69) is 56.3 Å². The van der Waals surface area contributed by atoms with Crippen molar-refractivity contribution in [1.29, 1.82) is 0 Å². The number of hydrogen-bond donors (Lipinski definition) is 0. The topological polar surface area (TPSA) is 55.2 Å². The summed E-state index contributed by atoms with van der Waals surface area (Å²) in [5, 5.41) is 6.22. The number of rotatable bonds is 5. The van der Waals surface area contributed by atoms with Gasteiger partial charge < -0.3 is 4.90 Å². The third-order valence-corrected chi connectivity index (χ3v) is 7.49. The molecule has 0 saturated carbocycles. The molecule has 0 spiro atoms. The number of piperidine rings is 1. The van der Waals surface area contributed by atoms with Crippen molar-refractivity contribution < 1.29 is 4.79 Å². The first kappa shape index (κ1) is 24.0. The fourth-order valence-electron chi connectivity index (χ4n) is 5.33. The summed E-state index contributed by atoms with van der Waals surface area (Å²) < 4.78 is 1.40. The molecule has 0 radical (unpaired) electrons. The molecule has 1 fully saturated rings. The lowest BCUT2D eigenvalue weighted by atomic mass is 9.90. The Morgan fingerprint density at radius 3 is 2.33 bits per heavy atom. The lowest BCUT2D eigenvalue weighted by Crippen LogP contribution is -2.44. The van der Waals surface area contributed by atoms with E-state index in [4.69, 9.17) is 5.10 Å². The van der Waals surface area contributed by atoms with Crippen LogP contribution in [0, 0.1) is 19.8 Å². The van der Waals surface area contributed by atoms with Gasteiger partial charge in [-0.15, -0.1) is 0 Å². The van der Waals surface area contributed by atoms with Gasteiger partial charge in [0.1, 0.15) is 6.04 Å². The van der Waals surface area contributed by atoms with Gasteiger partial charge in [0.15, 0.2) is 0 Å². The highest BCUT2D eigenvalue weighted by atomic mass is 16.2. The second kappa shape index (κ2) is 10.1. The molecule has 1 aromatic heterocycles. The van der Waals surface area contributed by atoms with E-state index >= 15 is 0 Å². The first-order chi connectivity index (χ1) is 17.4. The van der Waals surface area contributed by atoms with Gasteiger partial charge in [0.25, 0.3) is 5.56 Å². The number of carbonyl (C=O) groups is 1. The molecule has 5 rings (SSSR count). The maximum absolute atomic E-state index is 13.5. The van der Waals surface area contributed by atoms with Crippen LogP contribution in [0.25, 0.3) is 22.0 Å². The number of benzene rings is 3. The molecule has 0 bridgehead atoms. The molecule has 3 aromatic carbocycles. The Morgan fingerprint density at radius 2 is 1.61 bits per heavy atom. The normalized spacial score (nSPS) is 15.2. The summed E-state index contributed by atoms with van der Waals surface area (Å²) in [7, 11) is 0. The average molecular weight is 480 g/mol. The fraction of sp³-hybridized carbons (Fsp3) is 0.323. The van der Waals surface area contributed by atoms with E-state index < -0.39 is 6.04 Å². The highest BCUT2D eigenvalue weighted by Gasteiger charge is 2.29. The van der Waals surface area contributed by atoms with Gasteiger partial charge in [-0.25, -0.2) is 4.68 Å². The van der Waals surface area contributed by atoms with Crippen LogP contribution in [0.5, 0.6) is 0 Å². The summed E-state index contributed by atoms with van der Waals surface area (Å²) >= 11 is 0. The van der Waals surface area contributed by atoms with Crippen LogP contribution < -0.4 is 5.56 Å². The average Bonchev–Trinajstić information content (AvgIpc) is 2.91. The summed E-state index contributed by atoms with van der Waals surface area (Å²) in [6, 6.07) is 23.7. The lowest BCUT2D eigenvalue weighted by molar-refractivity contribution is -0.136. The van der Waals surface area contributed by atoms with Crippen LogP contribution in [0.4, 0.5) is 0 Å². The predicted molar refractivity (Wildman–Crippen MR) is 145 cm³/mol. The Bertz CT molecular complexity index is 1450. The number of likely N-dealkylation sites (tertiary alicyclic amines) is 1. The number of carbonyl (C=O) groups excluding carboxylic acids is 1. The van der Waals surface area contributed by atoms with E-state index in [1.54, 1.807) is 6.92 Å². The summed E-state index contributed by atoms with van der Waals surface area (Å²) in [6.45, 7) is 7.33. The molecule has 36 heavy (non-hydrogen) atoms. The van der Waals surface area contributed by atoms with Gasteiger partial charge in [0, 0.05) is 24.0 Å². The third kappa shape index (κ3) is 4.70. The lowest BCUT2D eigenvalue weighted by Gasteiger charge is -2.34. The number of aryl methyl sites for hydroxylation is 2. The minimum Gasteiger partial charge on any atom is -0.341 e. The molecule has 0 aliphatic carbocycles. The smallest absolute Gasteiger partial charge is 0.275 e. The number of nitrogens with zero attached hydrogens (tertiary/aromatic N) is 3. The van der Waals surface area contributed by atoms with E-state index in [-0.39, 0.29) is 11.5 Å². The minimum absolute atomic E-state index is 0.0371. The van der Waals surface area contributed by atoms with Gasteiger partial charge in [0.05, 0.1) is 11.1 Å². The molecule has 1 saturated heterocycles. The molecule has 1 atom stereocenters. The first-order valence-electron chi connectivity index (χ1n) is 12.8. The molecule has 4 aromatic rings. The van der Waals surface area contributed by atoms with Crippen LogP contribution in [0.1, 0.15) is 42.5 Å². The van der Waals surface area contributed by atoms with Gasteiger partial charge >= 0.3 is 0 Å².